The minimum atomic E-state index is -0.403. The van der Waals surface area contributed by atoms with Gasteiger partial charge in [-0.05, 0) is 36.4 Å². The molecule has 8 nitrogen and oxygen atoms in total. The lowest BCUT2D eigenvalue weighted by Crippen LogP contribution is -2.40. The van der Waals surface area contributed by atoms with Crippen molar-refractivity contribution in [2.24, 2.45) is 0 Å². The van der Waals surface area contributed by atoms with Crippen LogP contribution in [0.1, 0.15) is 15.9 Å². The van der Waals surface area contributed by atoms with Gasteiger partial charge >= 0.3 is 6.03 Å². The Labute approximate surface area is 172 Å². The number of hydrogen-bond donors (Lipinski definition) is 4. The van der Waals surface area contributed by atoms with E-state index in [1.54, 1.807) is 35.1 Å². The molecule has 4 N–H and O–H groups in total. The van der Waals surface area contributed by atoms with Crippen molar-refractivity contribution in [1.82, 2.24) is 25.7 Å². The fraction of sp³-hybridized carbons (Fsp3) is 0.150. The zero-order chi connectivity index (χ0) is 20.6. The highest BCUT2D eigenvalue weighted by Gasteiger charge is 2.09. The van der Waals surface area contributed by atoms with E-state index in [9.17, 15) is 14.7 Å². The van der Waals surface area contributed by atoms with Crippen LogP contribution in [-0.4, -0.2) is 39.9 Å². The van der Waals surface area contributed by atoms with E-state index >= 15 is 0 Å². The number of hydrogen-bond acceptors (Lipinski definition) is 4. The molecule has 0 saturated carbocycles. The van der Waals surface area contributed by atoms with Crippen LogP contribution in [0, 0.1) is 0 Å². The summed E-state index contributed by atoms with van der Waals surface area (Å²) >= 11 is 5.88. The third-order valence-corrected chi connectivity index (χ3v) is 4.28. The molecule has 0 atom stereocenters. The van der Waals surface area contributed by atoms with Crippen molar-refractivity contribution >= 4 is 23.5 Å². The first-order valence-electron chi connectivity index (χ1n) is 8.90. The maximum absolute atomic E-state index is 11.9. The summed E-state index contributed by atoms with van der Waals surface area (Å²) in [7, 11) is 0. The Morgan fingerprint density at radius 2 is 1.72 bits per heavy atom. The van der Waals surface area contributed by atoms with E-state index in [0.717, 1.165) is 11.3 Å². The van der Waals surface area contributed by atoms with Crippen LogP contribution in [0.15, 0.2) is 60.9 Å². The number of carbonyl (C=O) groups is 2. The van der Waals surface area contributed by atoms with E-state index in [1.807, 2.05) is 18.3 Å². The minimum absolute atomic E-state index is 0.0881. The van der Waals surface area contributed by atoms with Crippen molar-refractivity contribution in [1.29, 1.82) is 0 Å². The first-order valence-corrected chi connectivity index (χ1v) is 9.28. The molecule has 0 aliphatic heterocycles. The number of phenolic OH excluding ortho intramolecular Hbond substituents is 1. The molecule has 0 unspecified atom stereocenters. The summed E-state index contributed by atoms with van der Waals surface area (Å²) in [6.45, 7) is 0.786. The monoisotopic (exact) mass is 413 g/mol. The van der Waals surface area contributed by atoms with Gasteiger partial charge in [-0.2, -0.15) is 5.10 Å². The number of amides is 3. The van der Waals surface area contributed by atoms with Crippen molar-refractivity contribution in [3.63, 3.8) is 0 Å². The summed E-state index contributed by atoms with van der Waals surface area (Å²) < 4.78 is 1.69. The number of rotatable bonds is 7. The number of benzene rings is 2. The van der Waals surface area contributed by atoms with Gasteiger partial charge in [0.25, 0.3) is 5.91 Å². The molecule has 0 saturated heterocycles. The normalized spacial score (nSPS) is 10.4. The van der Waals surface area contributed by atoms with Gasteiger partial charge < -0.3 is 21.1 Å². The fourth-order valence-electron chi connectivity index (χ4n) is 2.54. The second-order valence-corrected chi connectivity index (χ2v) is 6.59. The van der Waals surface area contributed by atoms with Gasteiger partial charge in [0, 0.05) is 36.4 Å². The van der Waals surface area contributed by atoms with Gasteiger partial charge in [-0.3, -0.25) is 4.79 Å². The van der Waals surface area contributed by atoms with Crippen LogP contribution in [0.5, 0.6) is 5.75 Å². The van der Waals surface area contributed by atoms with Crippen LogP contribution < -0.4 is 16.0 Å². The van der Waals surface area contributed by atoms with Gasteiger partial charge in [-0.1, -0.05) is 23.7 Å². The van der Waals surface area contributed by atoms with Crippen molar-refractivity contribution in [3.8, 4) is 11.4 Å². The average Bonchev–Trinajstić information content (AvgIpc) is 3.19. The van der Waals surface area contributed by atoms with E-state index < -0.39 is 5.91 Å². The minimum Gasteiger partial charge on any atom is -0.507 e. The zero-order valence-corrected chi connectivity index (χ0v) is 16.2. The van der Waals surface area contributed by atoms with Crippen LogP contribution in [0.3, 0.4) is 0 Å². The van der Waals surface area contributed by atoms with Gasteiger partial charge in [-0.15, -0.1) is 0 Å². The molecule has 29 heavy (non-hydrogen) atoms. The number of aromatic hydroxyl groups is 1. The number of aromatic nitrogens is 2. The van der Waals surface area contributed by atoms with Crippen LogP contribution in [0.2, 0.25) is 5.02 Å². The number of urea groups is 1. The van der Waals surface area contributed by atoms with E-state index in [0.29, 0.717) is 11.6 Å². The Hall–Kier alpha value is -3.52. The van der Waals surface area contributed by atoms with Crippen LogP contribution in [0.4, 0.5) is 4.79 Å². The van der Waals surface area contributed by atoms with Crippen molar-refractivity contribution in [2.45, 2.75) is 6.54 Å². The van der Waals surface area contributed by atoms with E-state index in [2.05, 4.69) is 21.0 Å². The third-order valence-electron chi connectivity index (χ3n) is 4.03. The molecule has 0 fully saturated rings. The predicted molar refractivity (Wildman–Crippen MR) is 109 cm³/mol. The van der Waals surface area contributed by atoms with Crippen LogP contribution in [0.25, 0.3) is 5.69 Å². The molecule has 150 valence electrons. The molecule has 0 aliphatic rings. The van der Waals surface area contributed by atoms with Gasteiger partial charge in [-0.25, -0.2) is 9.48 Å². The predicted octanol–water partition coefficient (Wildman–Crippen LogP) is 2.46. The quantitative estimate of drug-likeness (QED) is 0.446. The van der Waals surface area contributed by atoms with E-state index in [1.165, 1.54) is 12.1 Å². The molecular weight excluding hydrogens is 394 g/mol. The molecule has 2 aromatic carbocycles. The Balaban J connectivity index is 1.38. The molecule has 3 rings (SSSR count). The Bertz CT molecular complexity index is 988. The summed E-state index contributed by atoms with van der Waals surface area (Å²) in [6, 6.07) is 13.2. The van der Waals surface area contributed by atoms with E-state index in [-0.39, 0.29) is 30.4 Å². The van der Waals surface area contributed by atoms with Crippen LogP contribution in [-0.2, 0) is 6.54 Å². The summed E-state index contributed by atoms with van der Waals surface area (Å²) in [6.07, 6.45) is 3.48. The summed E-state index contributed by atoms with van der Waals surface area (Å²) in [5.41, 5.74) is 1.89. The van der Waals surface area contributed by atoms with Crippen molar-refractivity contribution < 1.29 is 14.7 Å². The maximum Gasteiger partial charge on any atom is 0.315 e. The van der Waals surface area contributed by atoms with Gasteiger partial charge in [0.15, 0.2) is 0 Å². The fourth-order valence-corrected chi connectivity index (χ4v) is 2.67. The Morgan fingerprint density at radius 1 is 1.00 bits per heavy atom. The highest BCUT2D eigenvalue weighted by atomic mass is 35.5. The molecule has 0 bridgehead atoms. The molecular formula is C20H20ClN5O3. The van der Waals surface area contributed by atoms with Gasteiger partial charge in [0.2, 0.25) is 0 Å². The molecule has 1 aromatic heterocycles. The number of halogens is 1. The van der Waals surface area contributed by atoms with Crippen LogP contribution >= 0.6 is 11.6 Å². The Morgan fingerprint density at radius 3 is 2.48 bits per heavy atom. The van der Waals surface area contributed by atoms with Gasteiger partial charge in [0.1, 0.15) is 5.75 Å². The lowest BCUT2D eigenvalue weighted by Gasteiger charge is -2.09. The number of nitrogens with one attached hydrogen (secondary N) is 3. The second-order valence-electron chi connectivity index (χ2n) is 6.15. The molecule has 0 aliphatic carbocycles. The van der Waals surface area contributed by atoms with E-state index in [4.69, 9.17) is 11.6 Å². The molecule has 3 amide bonds. The Kier molecular flexibility index (Phi) is 6.70. The highest BCUT2D eigenvalue weighted by molar-refractivity contribution is 6.30. The highest BCUT2D eigenvalue weighted by Crippen LogP contribution is 2.15. The second kappa shape index (κ2) is 9.61. The lowest BCUT2D eigenvalue weighted by atomic mass is 10.2. The molecule has 0 radical (unpaired) electrons. The van der Waals surface area contributed by atoms with Crippen molar-refractivity contribution in [3.05, 3.63) is 77.1 Å². The molecule has 9 heteroatoms. The topological polar surface area (TPSA) is 108 Å². The first-order chi connectivity index (χ1) is 14.0. The summed E-state index contributed by atoms with van der Waals surface area (Å²) in [5.74, 6) is -0.491. The lowest BCUT2D eigenvalue weighted by molar-refractivity contribution is 0.0951. The standard InChI is InChI=1S/C20H20ClN5O3/c21-15-5-7-16(8-6-15)26-13-14(12-25-26)11-24-20(29)23-10-9-22-19(28)17-3-1-2-4-18(17)27/h1-8,12-13,27H,9-11H2,(H,22,28)(H2,23,24,29). The average molecular weight is 414 g/mol. The first kappa shape index (κ1) is 20.2. The molecule has 3 aromatic rings. The van der Waals surface area contributed by atoms with Gasteiger partial charge in [0.05, 0.1) is 17.4 Å². The largest absolute Gasteiger partial charge is 0.507 e. The summed E-state index contributed by atoms with van der Waals surface area (Å²) in [4.78, 5) is 23.8. The zero-order valence-electron chi connectivity index (χ0n) is 15.4. The smallest absolute Gasteiger partial charge is 0.315 e. The third kappa shape index (κ3) is 5.73. The summed E-state index contributed by atoms with van der Waals surface area (Å²) in [5, 5.41) is 22.5. The van der Waals surface area contributed by atoms with Crippen molar-refractivity contribution in [2.75, 3.05) is 13.1 Å². The maximum atomic E-state index is 11.9. The number of carbonyl (C=O) groups excluding carboxylic acids is 2. The number of phenols is 1. The number of para-hydroxylation sites is 1. The molecule has 0 spiro atoms. The number of nitrogens with zero attached hydrogens (tertiary/aromatic N) is 2. The SMILES string of the molecule is O=C(NCCNC(=O)c1ccccc1O)NCc1cnn(-c2ccc(Cl)cc2)c1. The molecule has 1 heterocycles.